The number of amides is 1. The number of rotatable bonds is 4. The molecule has 7 nitrogen and oxygen atoms in total. The molecule has 2 aromatic carbocycles. The number of nitrogens with one attached hydrogen (secondary N) is 3. The maximum Gasteiger partial charge on any atom is 0.231 e. The third-order valence-electron chi connectivity index (χ3n) is 5.42. The molecule has 2 aliphatic rings. The summed E-state index contributed by atoms with van der Waals surface area (Å²) < 4.78 is 19.6. The lowest BCUT2D eigenvalue weighted by atomic mass is 9.88. The van der Waals surface area contributed by atoms with Crippen LogP contribution in [0.5, 0.6) is 5.75 Å². The number of aliphatic imine (C=N–C) groups is 1. The van der Waals surface area contributed by atoms with Crippen LogP contribution in [0.2, 0.25) is 0 Å². The second-order valence-corrected chi connectivity index (χ2v) is 7.26. The molecule has 0 saturated heterocycles. The van der Waals surface area contributed by atoms with Gasteiger partial charge >= 0.3 is 0 Å². The van der Waals surface area contributed by atoms with Gasteiger partial charge in [0.05, 0.1) is 12.6 Å². The Labute approximate surface area is 168 Å². The highest BCUT2D eigenvalue weighted by Crippen LogP contribution is 2.49. The molecule has 5 N–H and O–H groups in total. The van der Waals surface area contributed by atoms with E-state index in [0.29, 0.717) is 18.8 Å². The maximum absolute atomic E-state index is 13.4. The molecule has 152 valence electrons. The minimum absolute atomic E-state index is 0.0936. The van der Waals surface area contributed by atoms with Crippen molar-refractivity contribution in [2.45, 2.75) is 25.0 Å². The Hall–Kier alpha value is -2.97. The minimum atomic E-state index is -0.532. The van der Waals surface area contributed by atoms with E-state index in [1.807, 2.05) is 19.1 Å². The van der Waals surface area contributed by atoms with Gasteiger partial charge in [0.25, 0.3) is 0 Å². The molecule has 0 aromatic heterocycles. The van der Waals surface area contributed by atoms with Gasteiger partial charge in [-0.1, -0.05) is 12.1 Å². The number of ether oxygens (including phenoxy) is 1. The van der Waals surface area contributed by atoms with E-state index >= 15 is 0 Å². The SMILES string of the molecule is CNC(=O)C1c2cc3c(cc2OC1c1ccc(F)cc1)NCC(CNN)=NC3C. The van der Waals surface area contributed by atoms with Crippen molar-refractivity contribution < 1.29 is 13.9 Å². The molecule has 1 amide bonds. The Morgan fingerprint density at radius 1 is 1.31 bits per heavy atom. The second kappa shape index (κ2) is 7.81. The fraction of sp³-hybridized carbons (Fsp3) is 0.333. The van der Waals surface area contributed by atoms with Gasteiger partial charge in [-0.05, 0) is 36.2 Å². The number of likely N-dealkylation sites (N-methyl/N-ethyl adjacent to an activating group) is 1. The van der Waals surface area contributed by atoms with E-state index in [1.165, 1.54) is 12.1 Å². The van der Waals surface area contributed by atoms with Crippen LogP contribution in [0.4, 0.5) is 10.1 Å². The van der Waals surface area contributed by atoms with Crippen molar-refractivity contribution >= 4 is 17.3 Å². The molecule has 2 aliphatic heterocycles. The fourth-order valence-electron chi connectivity index (χ4n) is 3.99. The van der Waals surface area contributed by atoms with Crippen LogP contribution in [0.3, 0.4) is 0 Å². The number of hydrazine groups is 1. The van der Waals surface area contributed by atoms with E-state index in [4.69, 9.17) is 15.6 Å². The lowest BCUT2D eigenvalue weighted by Gasteiger charge is -2.18. The summed E-state index contributed by atoms with van der Waals surface area (Å²) in [6.07, 6.45) is -0.521. The number of hydrogen-bond donors (Lipinski definition) is 4. The second-order valence-electron chi connectivity index (χ2n) is 7.26. The number of hydrogen-bond acceptors (Lipinski definition) is 6. The molecule has 0 fully saturated rings. The fourth-order valence-corrected chi connectivity index (χ4v) is 3.99. The molecule has 0 aliphatic carbocycles. The van der Waals surface area contributed by atoms with Crippen molar-refractivity contribution in [1.29, 1.82) is 0 Å². The third kappa shape index (κ3) is 3.56. The van der Waals surface area contributed by atoms with E-state index in [2.05, 4.69) is 16.1 Å². The summed E-state index contributed by atoms with van der Waals surface area (Å²) in [4.78, 5) is 17.5. The Kier molecular flexibility index (Phi) is 5.21. The normalized spacial score (nSPS) is 22.5. The standard InChI is InChI=1S/C21H24FN5O2/c1-11-15-7-16-18(8-17(15)25-9-14(27-11)10-26-23)29-20(19(16)21(28)24-2)12-3-5-13(22)6-4-12/h3-8,11,19-20,25-26H,9-10,23H2,1-2H3,(H,24,28). The first kappa shape index (κ1) is 19.4. The van der Waals surface area contributed by atoms with Crippen molar-refractivity contribution in [1.82, 2.24) is 10.7 Å². The topological polar surface area (TPSA) is 101 Å². The van der Waals surface area contributed by atoms with Crippen molar-refractivity contribution in [3.8, 4) is 5.75 Å². The van der Waals surface area contributed by atoms with Gasteiger partial charge in [0.15, 0.2) is 0 Å². The molecule has 3 atom stereocenters. The van der Waals surface area contributed by atoms with Gasteiger partial charge < -0.3 is 15.4 Å². The number of anilines is 1. The van der Waals surface area contributed by atoms with E-state index in [-0.39, 0.29) is 17.8 Å². The molecule has 0 spiro atoms. The summed E-state index contributed by atoms with van der Waals surface area (Å²) in [6, 6.07) is 9.90. The van der Waals surface area contributed by atoms with Crippen LogP contribution in [-0.4, -0.2) is 31.8 Å². The first-order valence-electron chi connectivity index (χ1n) is 9.56. The highest BCUT2D eigenvalue weighted by atomic mass is 19.1. The predicted molar refractivity (Wildman–Crippen MR) is 110 cm³/mol. The Morgan fingerprint density at radius 3 is 2.76 bits per heavy atom. The zero-order valence-electron chi connectivity index (χ0n) is 16.3. The minimum Gasteiger partial charge on any atom is -0.484 e. The Morgan fingerprint density at radius 2 is 2.07 bits per heavy atom. The van der Waals surface area contributed by atoms with E-state index in [1.54, 1.807) is 19.2 Å². The highest BCUT2D eigenvalue weighted by molar-refractivity contribution is 5.92. The highest BCUT2D eigenvalue weighted by Gasteiger charge is 2.41. The van der Waals surface area contributed by atoms with E-state index < -0.39 is 12.0 Å². The number of nitrogens with two attached hydrogens (primary N) is 1. The summed E-state index contributed by atoms with van der Waals surface area (Å²) in [6.45, 7) is 3.08. The van der Waals surface area contributed by atoms with Crippen molar-refractivity contribution in [2.24, 2.45) is 10.8 Å². The molecule has 0 radical (unpaired) electrons. The monoisotopic (exact) mass is 397 g/mol. The van der Waals surface area contributed by atoms with Gasteiger partial charge in [0.1, 0.15) is 23.6 Å². The summed E-state index contributed by atoms with van der Waals surface area (Å²) in [5, 5.41) is 6.11. The number of benzene rings is 2. The molecular formula is C21H24FN5O2. The molecule has 29 heavy (non-hydrogen) atoms. The zero-order valence-corrected chi connectivity index (χ0v) is 16.3. The predicted octanol–water partition coefficient (Wildman–Crippen LogP) is 2.18. The molecular weight excluding hydrogens is 373 g/mol. The number of fused-ring (bicyclic) bond motifs is 2. The first-order chi connectivity index (χ1) is 14.0. The van der Waals surface area contributed by atoms with Crippen LogP contribution in [0, 0.1) is 5.82 Å². The van der Waals surface area contributed by atoms with Gasteiger partial charge in [0, 0.05) is 36.6 Å². The average Bonchev–Trinajstić information content (AvgIpc) is 3.02. The number of nitrogens with zero attached hydrogens (tertiary/aromatic N) is 1. The van der Waals surface area contributed by atoms with E-state index in [0.717, 1.165) is 28.1 Å². The van der Waals surface area contributed by atoms with Gasteiger partial charge in [0.2, 0.25) is 5.91 Å². The van der Waals surface area contributed by atoms with Crippen LogP contribution < -0.4 is 26.6 Å². The van der Waals surface area contributed by atoms with Crippen LogP contribution >= 0.6 is 0 Å². The van der Waals surface area contributed by atoms with Crippen molar-refractivity contribution in [2.75, 3.05) is 25.5 Å². The van der Waals surface area contributed by atoms with E-state index in [9.17, 15) is 9.18 Å². The summed E-state index contributed by atoms with van der Waals surface area (Å²) in [5.41, 5.74) is 7.03. The van der Waals surface area contributed by atoms with Gasteiger partial charge in [-0.25, -0.2) is 4.39 Å². The molecule has 2 aromatic rings. The van der Waals surface area contributed by atoms with Crippen molar-refractivity contribution in [3.63, 3.8) is 0 Å². The lowest BCUT2D eigenvalue weighted by molar-refractivity contribution is -0.123. The van der Waals surface area contributed by atoms with Crippen LogP contribution in [0.1, 0.15) is 41.7 Å². The Balaban J connectivity index is 1.75. The molecule has 2 heterocycles. The Bertz CT molecular complexity index is 960. The lowest BCUT2D eigenvalue weighted by Crippen LogP contribution is -2.32. The molecule has 0 saturated carbocycles. The smallest absolute Gasteiger partial charge is 0.231 e. The summed E-state index contributed by atoms with van der Waals surface area (Å²) >= 11 is 0. The largest absolute Gasteiger partial charge is 0.484 e. The molecule has 8 heteroatoms. The summed E-state index contributed by atoms with van der Waals surface area (Å²) in [7, 11) is 1.60. The number of halogens is 1. The first-order valence-corrected chi connectivity index (χ1v) is 9.56. The van der Waals surface area contributed by atoms with Crippen LogP contribution in [0.15, 0.2) is 41.4 Å². The number of carbonyl (C=O) groups is 1. The molecule has 3 unspecified atom stereocenters. The maximum atomic E-state index is 13.4. The number of carbonyl (C=O) groups excluding carboxylic acids is 1. The van der Waals surface area contributed by atoms with Gasteiger partial charge in [-0.3, -0.25) is 21.1 Å². The molecule has 4 rings (SSSR count). The third-order valence-corrected chi connectivity index (χ3v) is 5.42. The summed E-state index contributed by atoms with van der Waals surface area (Å²) in [5.74, 6) is 5.08. The van der Waals surface area contributed by atoms with Gasteiger partial charge in [-0.15, -0.1) is 0 Å². The van der Waals surface area contributed by atoms with Crippen LogP contribution in [0.25, 0.3) is 0 Å². The van der Waals surface area contributed by atoms with Crippen LogP contribution in [-0.2, 0) is 4.79 Å². The quantitative estimate of drug-likeness (QED) is 0.468. The average molecular weight is 397 g/mol. The molecule has 0 bridgehead atoms. The van der Waals surface area contributed by atoms with Gasteiger partial charge in [-0.2, -0.15) is 0 Å². The zero-order chi connectivity index (χ0) is 20.5. The van der Waals surface area contributed by atoms with Crippen molar-refractivity contribution in [3.05, 3.63) is 58.9 Å².